The van der Waals surface area contributed by atoms with E-state index in [9.17, 15) is 13.5 Å². The highest BCUT2D eigenvalue weighted by atomic mass is 32.2. The SMILES string of the molecule is CC(C)NS(=O)(=O)NCC1(CO)CCCCC1. The van der Waals surface area contributed by atoms with Crippen molar-refractivity contribution in [2.75, 3.05) is 13.2 Å². The minimum absolute atomic E-state index is 0.0528. The zero-order chi connectivity index (χ0) is 12.9. The van der Waals surface area contributed by atoms with Crippen LogP contribution in [0.25, 0.3) is 0 Å². The van der Waals surface area contributed by atoms with Gasteiger partial charge >= 0.3 is 0 Å². The van der Waals surface area contributed by atoms with E-state index in [2.05, 4.69) is 9.44 Å². The fraction of sp³-hybridized carbons (Fsp3) is 1.00. The Kier molecular flexibility index (Phi) is 5.37. The fourth-order valence-corrected chi connectivity index (χ4v) is 3.49. The molecule has 0 bridgehead atoms. The first-order valence-corrected chi connectivity index (χ1v) is 7.75. The van der Waals surface area contributed by atoms with Crippen molar-refractivity contribution in [3.05, 3.63) is 0 Å². The number of aliphatic hydroxyl groups is 1. The molecule has 0 heterocycles. The molecule has 0 aliphatic heterocycles. The van der Waals surface area contributed by atoms with Gasteiger partial charge in [-0.15, -0.1) is 0 Å². The van der Waals surface area contributed by atoms with Crippen LogP contribution in [0.15, 0.2) is 0 Å². The summed E-state index contributed by atoms with van der Waals surface area (Å²) < 4.78 is 28.3. The molecule has 0 aromatic rings. The molecule has 0 aromatic carbocycles. The molecule has 5 nitrogen and oxygen atoms in total. The van der Waals surface area contributed by atoms with Gasteiger partial charge in [0.25, 0.3) is 10.2 Å². The highest BCUT2D eigenvalue weighted by molar-refractivity contribution is 7.87. The molecule has 0 unspecified atom stereocenters. The van der Waals surface area contributed by atoms with Crippen molar-refractivity contribution < 1.29 is 13.5 Å². The Hall–Kier alpha value is -0.170. The average Bonchev–Trinajstić information content (AvgIpc) is 2.26. The molecule has 1 fully saturated rings. The van der Waals surface area contributed by atoms with Crippen LogP contribution in [-0.4, -0.2) is 32.7 Å². The van der Waals surface area contributed by atoms with E-state index in [1.54, 1.807) is 13.8 Å². The van der Waals surface area contributed by atoms with Crippen molar-refractivity contribution >= 4 is 10.2 Å². The highest BCUT2D eigenvalue weighted by Crippen LogP contribution is 2.35. The van der Waals surface area contributed by atoms with Crippen LogP contribution in [0.2, 0.25) is 0 Å². The second kappa shape index (κ2) is 6.13. The number of hydrogen-bond acceptors (Lipinski definition) is 3. The molecular formula is C11H24N2O3S. The maximum atomic E-state index is 11.6. The summed E-state index contributed by atoms with van der Waals surface area (Å²) in [6.07, 6.45) is 5.11. The summed E-state index contributed by atoms with van der Waals surface area (Å²) in [5.74, 6) is 0. The summed E-state index contributed by atoms with van der Waals surface area (Å²) in [7, 11) is -3.44. The van der Waals surface area contributed by atoms with Crippen molar-refractivity contribution in [2.24, 2.45) is 5.41 Å². The fourth-order valence-electron chi connectivity index (χ4n) is 2.29. The highest BCUT2D eigenvalue weighted by Gasteiger charge is 2.32. The van der Waals surface area contributed by atoms with Crippen LogP contribution >= 0.6 is 0 Å². The van der Waals surface area contributed by atoms with Crippen molar-refractivity contribution in [3.63, 3.8) is 0 Å². The third-order valence-electron chi connectivity index (χ3n) is 3.28. The largest absolute Gasteiger partial charge is 0.396 e. The topological polar surface area (TPSA) is 78.4 Å². The molecule has 0 spiro atoms. The summed E-state index contributed by atoms with van der Waals surface area (Å²) in [5.41, 5.74) is -0.260. The van der Waals surface area contributed by atoms with E-state index in [0.29, 0.717) is 6.54 Å². The van der Waals surface area contributed by atoms with E-state index in [1.165, 1.54) is 6.42 Å². The predicted octanol–water partition coefficient (Wildman–Crippen LogP) is 0.762. The molecule has 6 heteroatoms. The first kappa shape index (κ1) is 14.9. The Morgan fingerprint density at radius 2 is 1.82 bits per heavy atom. The van der Waals surface area contributed by atoms with Gasteiger partial charge in [-0.2, -0.15) is 13.1 Å². The maximum absolute atomic E-state index is 11.6. The maximum Gasteiger partial charge on any atom is 0.277 e. The molecule has 0 amide bonds. The summed E-state index contributed by atoms with van der Waals surface area (Å²) in [6.45, 7) is 3.94. The zero-order valence-corrected chi connectivity index (χ0v) is 11.5. The van der Waals surface area contributed by atoms with Gasteiger partial charge in [0.1, 0.15) is 0 Å². The Morgan fingerprint density at radius 1 is 1.24 bits per heavy atom. The number of hydrogen-bond donors (Lipinski definition) is 3. The lowest BCUT2D eigenvalue weighted by Gasteiger charge is -2.35. The van der Waals surface area contributed by atoms with Crippen LogP contribution in [0.3, 0.4) is 0 Å². The van der Waals surface area contributed by atoms with Crippen LogP contribution in [0.4, 0.5) is 0 Å². The van der Waals surface area contributed by atoms with Crippen LogP contribution in [0.1, 0.15) is 46.0 Å². The third-order valence-corrected chi connectivity index (χ3v) is 4.58. The molecule has 1 rings (SSSR count). The van der Waals surface area contributed by atoms with Gasteiger partial charge < -0.3 is 5.11 Å². The lowest BCUT2D eigenvalue weighted by molar-refractivity contribution is 0.0866. The molecule has 0 radical (unpaired) electrons. The smallest absolute Gasteiger partial charge is 0.277 e. The first-order chi connectivity index (χ1) is 7.89. The molecule has 1 aliphatic rings. The minimum Gasteiger partial charge on any atom is -0.396 e. The summed E-state index contributed by atoms with van der Waals surface area (Å²) in [4.78, 5) is 0. The molecule has 0 saturated heterocycles. The van der Waals surface area contributed by atoms with Crippen molar-refractivity contribution in [2.45, 2.75) is 52.0 Å². The number of rotatable bonds is 6. The lowest BCUT2D eigenvalue weighted by atomic mass is 9.75. The van der Waals surface area contributed by atoms with Gasteiger partial charge in [-0.25, -0.2) is 4.72 Å². The standard InChI is InChI=1S/C11H24N2O3S/c1-10(2)13-17(15,16)12-8-11(9-14)6-4-3-5-7-11/h10,12-14H,3-9H2,1-2H3. The normalized spacial score (nSPS) is 20.7. The molecule has 102 valence electrons. The van der Waals surface area contributed by atoms with E-state index in [4.69, 9.17) is 0 Å². The van der Waals surface area contributed by atoms with E-state index in [0.717, 1.165) is 25.7 Å². The van der Waals surface area contributed by atoms with Gasteiger partial charge in [-0.05, 0) is 26.7 Å². The zero-order valence-electron chi connectivity index (χ0n) is 10.7. The summed E-state index contributed by atoms with van der Waals surface area (Å²) >= 11 is 0. The van der Waals surface area contributed by atoms with Gasteiger partial charge in [-0.1, -0.05) is 19.3 Å². The molecule has 3 N–H and O–H groups in total. The van der Waals surface area contributed by atoms with E-state index in [1.807, 2.05) is 0 Å². The Labute approximate surface area is 104 Å². The first-order valence-electron chi connectivity index (χ1n) is 6.27. The second-order valence-corrected chi connectivity index (χ2v) is 6.85. The third kappa shape index (κ3) is 4.91. The molecule has 1 saturated carbocycles. The van der Waals surface area contributed by atoms with Crippen molar-refractivity contribution in [1.82, 2.24) is 9.44 Å². The predicted molar refractivity (Wildman–Crippen MR) is 67.8 cm³/mol. The number of aliphatic hydroxyl groups excluding tert-OH is 1. The molecule has 0 aromatic heterocycles. The molecular weight excluding hydrogens is 240 g/mol. The molecule has 1 aliphatic carbocycles. The van der Waals surface area contributed by atoms with Gasteiger partial charge in [0.2, 0.25) is 0 Å². The van der Waals surface area contributed by atoms with Gasteiger partial charge in [0.15, 0.2) is 0 Å². The van der Waals surface area contributed by atoms with Crippen LogP contribution in [0.5, 0.6) is 0 Å². The Morgan fingerprint density at radius 3 is 2.29 bits per heavy atom. The summed E-state index contributed by atoms with van der Waals surface area (Å²) in [5, 5.41) is 9.47. The van der Waals surface area contributed by atoms with Crippen LogP contribution in [0, 0.1) is 5.41 Å². The van der Waals surface area contributed by atoms with Crippen LogP contribution < -0.4 is 9.44 Å². The quantitative estimate of drug-likeness (QED) is 0.663. The monoisotopic (exact) mass is 264 g/mol. The Balaban J connectivity index is 2.52. The van der Waals surface area contributed by atoms with Crippen LogP contribution in [-0.2, 0) is 10.2 Å². The molecule has 0 atom stereocenters. The van der Waals surface area contributed by atoms with Crippen molar-refractivity contribution in [3.8, 4) is 0 Å². The second-order valence-electron chi connectivity index (χ2n) is 5.32. The lowest BCUT2D eigenvalue weighted by Crippen LogP contribution is -2.47. The summed E-state index contributed by atoms with van der Waals surface area (Å²) in [6, 6.07) is -0.121. The van der Waals surface area contributed by atoms with E-state index in [-0.39, 0.29) is 18.1 Å². The minimum atomic E-state index is -3.44. The van der Waals surface area contributed by atoms with Gasteiger partial charge in [-0.3, -0.25) is 0 Å². The number of nitrogens with one attached hydrogen (secondary N) is 2. The Bertz CT molecular complexity index is 322. The average molecular weight is 264 g/mol. The van der Waals surface area contributed by atoms with Crippen molar-refractivity contribution in [1.29, 1.82) is 0 Å². The van der Waals surface area contributed by atoms with E-state index >= 15 is 0 Å². The van der Waals surface area contributed by atoms with E-state index < -0.39 is 10.2 Å². The molecule has 17 heavy (non-hydrogen) atoms. The van der Waals surface area contributed by atoms with Gasteiger partial charge in [0.05, 0.1) is 0 Å². The van der Waals surface area contributed by atoms with Gasteiger partial charge in [0, 0.05) is 24.6 Å².